The fourth-order valence-electron chi connectivity index (χ4n) is 2.52. The van der Waals surface area contributed by atoms with Crippen LogP contribution < -0.4 is 0 Å². The number of hydrogen-bond acceptors (Lipinski definition) is 4. The lowest BCUT2D eigenvalue weighted by atomic mass is 10.2. The molecule has 2 aromatic rings. The van der Waals surface area contributed by atoms with E-state index < -0.39 is 10.0 Å². The zero-order valence-corrected chi connectivity index (χ0v) is 13.4. The maximum atomic E-state index is 12.4. The maximum Gasteiger partial charge on any atom is 0.243 e. The lowest BCUT2D eigenvalue weighted by molar-refractivity contribution is 0.474. The van der Waals surface area contributed by atoms with E-state index in [9.17, 15) is 13.5 Å². The lowest BCUT2D eigenvalue weighted by Crippen LogP contribution is -2.27. The summed E-state index contributed by atoms with van der Waals surface area (Å²) in [6, 6.07) is 13.4. The van der Waals surface area contributed by atoms with Crippen molar-refractivity contribution in [1.29, 1.82) is 0 Å². The highest BCUT2D eigenvalue weighted by atomic mass is 32.2. The van der Waals surface area contributed by atoms with Crippen molar-refractivity contribution >= 4 is 21.9 Å². The summed E-state index contributed by atoms with van der Waals surface area (Å²) in [7, 11) is -3.39. The summed E-state index contributed by atoms with van der Waals surface area (Å²) in [5.41, 5.74) is 1.25. The van der Waals surface area contributed by atoms with E-state index in [0.29, 0.717) is 29.2 Å². The molecular formula is C17H18N2O3S. The van der Waals surface area contributed by atoms with Gasteiger partial charge in [-0.25, -0.2) is 8.42 Å². The second-order valence-corrected chi connectivity index (χ2v) is 7.36. The van der Waals surface area contributed by atoms with Gasteiger partial charge in [0.25, 0.3) is 0 Å². The normalized spacial score (nSPS) is 16.2. The molecule has 0 aliphatic carbocycles. The van der Waals surface area contributed by atoms with Crippen LogP contribution in [0.4, 0.5) is 5.69 Å². The third-order valence-corrected chi connectivity index (χ3v) is 5.74. The molecule has 0 atom stereocenters. The second-order valence-electron chi connectivity index (χ2n) is 5.42. The Labute approximate surface area is 136 Å². The van der Waals surface area contributed by atoms with Crippen LogP contribution in [0.25, 0.3) is 0 Å². The van der Waals surface area contributed by atoms with Gasteiger partial charge in [0.2, 0.25) is 10.0 Å². The average Bonchev–Trinajstić information content (AvgIpc) is 3.10. The molecule has 1 heterocycles. The van der Waals surface area contributed by atoms with Gasteiger partial charge in [-0.3, -0.25) is 4.99 Å². The van der Waals surface area contributed by atoms with Crippen LogP contribution in [0.2, 0.25) is 0 Å². The number of phenols is 1. The van der Waals surface area contributed by atoms with Crippen LogP contribution in [0, 0.1) is 0 Å². The maximum absolute atomic E-state index is 12.4. The molecule has 2 aromatic carbocycles. The van der Waals surface area contributed by atoms with Crippen LogP contribution in [-0.2, 0) is 10.0 Å². The number of aliphatic imine (C=N–C) groups is 1. The summed E-state index contributed by atoms with van der Waals surface area (Å²) >= 11 is 0. The minimum absolute atomic E-state index is 0.157. The van der Waals surface area contributed by atoms with E-state index in [4.69, 9.17) is 0 Å². The largest absolute Gasteiger partial charge is 0.507 e. The van der Waals surface area contributed by atoms with Gasteiger partial charge in [0.05, 0.1) is 10.6 Å². The van der Waals surface area contributed by atoms with Crippen molar-refractivity contribution in [3.63, 3.8) is 0 Å². The summed E-state index contributed by atoms with van der Waals surface area (Å²) in [6.07, 6.45) is 3.39. The van der Waals surface area contributed by atoms with Gasteiger partial charge >= 0.3 is 0 Å². The molecule has 1 N–H and O–H groups in total. The first-order valence-electron chi connectivity index (χ1n) is 7.50. The molecule has 0 amide bonds. The highest BCUT2D eigenvalue weighted by Crippen LogP contribution is 2.23. The molecule has 3 rings (SSSR count). The Hall–Kier alpha value is -2.18. The summed E-state index contributed by atoms with van der Waals surface area (Å²) < 4.78 is 26.4. The Morgan fingerprint density at radius 1 is 1.00 bits per heavy atom. The zero-order chi connectivity index (χ0) is 16.3. The topological polar surface area (TPSA) is 70.0 Å². The summed E-state index contributed by atoms with van der Waals surface area (Å²) in [4.78, 5) is 4.56. The van der Waals surface area contributed by atoms with Gasteiger partial charge < -0.3 is 5.11 Å². The van der Waals surface area contributed by atoms with E-state index in [0.717, 1.165) is 12.8 Å². The van der Waals surface area contributed by atoms with E-state index in [1.54, 1.807) is 48.7 Å². The van der Waals surface area contributed by atoms with E-state index in [2.05, 4.69) is 4.99 Å². The van der Waals surface area contributed by atoms with E-state index in [1.165, 1.54) is 4.31 Å². The molecule has 0 unspecified atom stereocenters. The second kappa shape index (κ2) is 6.52. The predicted molar refractivity (Wildman–Crippen MR) is 89.8 cm³/mol. The molecule has 0 radical (unpaired) electrons. The van der Waals surface area contributed by atoms with Crippen LogP contribution in [0.1, 0.15) is 18.4 Å². The molecule has 1 saturated heterocycles. The van der Waals surface area contributed by atoms with Crippen molar-refractivity contribution in [2.75, 3.05) is 13.1 Å². The van der Waals surface area contributed by atoms with E-state index in [-0.39, 0.29) is 5.75 Å². The summed E-state index contributed by atoms with van der Waals surface area (Å²) in [5.74, 6) is 0.157. The smallest absolute Gasteiger partial charge is 0.243 e. The Morgan fingerprint density at radius 3 is 2.30 bits per heavy atom. The third-order valence-electron chi connectivity index (χ3n) is 3.83. The average molecular weight is 330 g/mol. The molecule has 0 bridgehead atoms. The summed E-state index contributed by atoms with van der Waals surface area (Å²) in [6.45, 7) is 1.19. The molecule has 0 aromatic heterocycles. The third kappa shape index (κ3) is 3.43. The number of benzene rings is 2. The van der Waals surface area contributed by atoms with Crippen LogP contribution >= 0.6 is 0 Å². The number of rotatable bonds is 4. The fourth-order valence-corrected chi connectivity index (χ4v) is 4.04. The highest BCUT2D eigenvalue weighted by Gasteiger charge is 2.26. The molecule has 1 fully saturated rings. The fraction of sp³-hybridized carbons (Fsp3) is 0.235. The quantitative estimate of drug-likeness (QED) is 0.876. The van der Waals surface area contributed by atoms with Gasteiger partial charge in [0.15, 0.2) is 0 Å². The standard InChI is InChI=1S/C17H18N2O3S/c20-17-6-2-1-5-14(17)13-18-15-7-9-16(10-8-15)23(21,22)19-11-3-4-12-19/h1-2,5-10,13,20H,3-4,11-12H2. The first-order valence-corrected chi connectivity index (χ1v) is 8.94. The molecule has 0 saturated carbocycles. The summed E-state index contributed by atoms with van der Waals surface area (Å²) in [5, 5.41) is 9.68. The first-order chi connectivity index (χ1) is 11.1. The molecule has 6 heteroatoms. The van der Waals surface area contributed by atoms with E-state index >= 15 is 0 Å². The number of hydrogen-bond donors (Lipinski definition) is 1. The molecule has 0 spiro atoms. The number of nitrogens with zero attached hydrogens (tertiary/aromatic N) is 2. The molecule has 1 aliphatic heterocycles. The van der Waals surface area contributed by atoms with Crippen LogP contribution in [-0.4, -0.2) is 37.1 Å². The van der Waals surface area contributed by atoms with Gasteiger partial charge in [-0.05, 0) is 49.2 Å². The monoisotopic (exact) mass is 330 g/mol. The molecule has 23 heavy (non-hydrogen) atoms. The SMILES string of the molecule is O=S(=O)(c1ccc(N=Cc2ccccc2O)cc1)N1CCCC1. The van der Waals surface area contributed by atoms with Gasteiger partial charge in [-0.2, -0.15) is 4.31 Å². The zero-order valence-electron chi connectivity index (χ0n) is 12.6. The van der Waals surface area contributed by atoms with Crippen molar-refractivity contribution in [3.05, 3.63) is 54.1 Å². The van der Waals surface area contributed by atoms with Crippen LogP contribution in [0.5, 0.6) is 5.75 Å². The Balaban J connectivity index is 1.78. The molecule has 120 valence electrons. The van der Waals surface area contributed by atoms with Gasteiger partial charge in [0, 0.05) is 24.9 Å². The van der Waals surface area contributed by atoms with Crippen LogP contribution in [0.3, 0.4) is 0 Å². The number of para-hydroxylation sites is 1. The van der Waals surface area contributed by atoms with Crippen molar-refractivity contribution in [2.24, 2.45) is 4.99 Å². The predicted octanol–water partition coefficient (Wildman–Crippen LogP) is 2.93. The van der Waals surface area contributed by atoms with E-state index in [1.807, 2.05) is 6.07 Å². The van der Waals surface area contributed by atoms with Gasteiger partial charge in [-0.1, -0.05) is 12.1 Å². The highest BCUT2D eigenvalue weighted by molar-refractivity contribution is 7.89. The Morgan fingerprint density at radius 2 is 1.65 bits per heavy atom. The van der Waals surface area contributed by atoms with Crippen molar-refractivity contribution in [1.82, 2.24) is 4.31 Å². The van der Waals surface area contributed by atoms with Crippen LogP contribution in [0.15, 0.2) is 58.4 Å². The number of phenolic OH excluding ortho intramolecular Hbond substituents is 1. The molecular weight excluding hydrogens is 312 g/mol. The molecule has 1 aliphatic rings. The number of sulfonamides is 1. The minimum atomic E-state index is -3.39. The lowest BCUT2D eigenvalue weighted by Gasteiger charge is -2.15. The van der Waals surface area contributed by atoms with Gasteiger partial charge in [-0.15, -0.1) is 0 Å². The Bertz CT molecular complexity index is 808. The minimum Gasteiger partial charge on any atom is -0.507 e. The first kappa shape index (κ1) is 15.7. The van der Waals surface area contributed by atoms with Crippen molar-refractivity contribution in [3.8, 4) is 5.75 Å². The number of aromatic hydroxyl groups is 1. The molecule has 5 nitrogen and oxygen atoms in total. The van der Waals surface area contributed by atoms with Crippen molar-refractivity contribution < 1.29 is 13.5 Å². The van der Waals surface area contributed by atoms with Gasteiger partial charge in [0.1, 0.15) is 5.75 Å². The Kier molecular flexibility index (Phi) is 4.45. The van der Waals surface area contributed by atoms with Crippen molar-refractivity contribution in [2.45, 2.75) is 17.7 Å².